The molecule has 0 aliphatic heterocycles. The molecule has 3 rings (SSSR count). The van der Waals surface area contributed by atoms with Gasteiger partial charge in [-0.3, -0.25) is 4.79 Å². The van der Waals surface area contributed by atoms with E-state index in [1.807, 2.05) is 30.3 Å². The molecular formula is C21H24FNO4. The second kappa shape index (κ2) is 8.39. The number of carbonyl (C=O) groups excluding carboxylic acids is 1. The van der Waals surface area contributed by atoms with Gasteiger partial charge in [-0.25, -0.2) is 4.39 Å². The lowest BCUT2D eigenvalue weighted by Crippen LogP contribution is -2.50. The van der Waals surface area contributed by atoms with Crippen LogP contribution in [0.2, 0.25) is 0 Å². The molecule has 0 aromatic heterocycles. The van der Waals surface area contributed by atoms with Crippen LogP contribution < -0.4 is 4.74 Å². The molecule has 6 heteroatoms. The summed E-state index contributed by atoms with van der Waals surface area (Å²) in [6.45, 7) is 0. The molecule has 1 aliphatic carbocycles. The van der Waals surface area contributed by atoms with Gasteiger partial charge in [-0.2, -0.15) is 0 Å². The minimum absolute atomic E-state index is 0.116. The van der Waals surface area contributed by atoms with Crippen molar-refractivity contribution in [2.75, 3.05) is 7.05 Å². The van der Waals surface area contributed by atoms with Crippen LogP contribution in [0, 0.1) is 5.82 Å². The summed E-state index contributed by atoms with van der Waals surface area (Å²) >= 11 is 0. The Kier molecular flexibility index (Phi) is 5.96. The smallest absolute Gasteiger partial charge is 0.257 e. The number of nitrogens with zero attached hydrogens (tertiary/aromatic N) is 1. The summed E-state index contributed by atoms with van der Waals surface area (Å²) < 4.78 is 19.6. The molecule has 0 heterocycles. The van der Waals surface area contributed by atoms with Gasteiger partial charge in [-0.05, 0) is 43.5 Å². The largest absolute Gasteiger partial charge is 0.504 e. The van der Waals surface area contributed by atoms with E-state index in [1.54, 1.807) is 7.05 Å². The number of phenols is 1. The topological polar surface area (TPSA) is 70.0 Å². The molecule has 0 unspecified atom stereocenters. The molecule has 0 spiro atoms. The molecule has 2 aromatic rings. The molecular weight excluding hydrogens is 349 g/mol. The van der Waals surface area contributed by atoms with Crippen LogP contribution in [-0.4, -0.2) is 46.3 Å². The standard InChI is InChI=1S/C21H24FNO4/c1-23(21(26)15-10-7-11-16(22)19(15)24)17-12-5-6-13-18(20(17)25)27-14-8-3-2-4-9-14/h2-4,7-11,17-18,20,24-25H,5-6,12-13H2,1H3/t17-,18-,20-/m1/s1. The van der Waals surface area contributed by atoms with Crippen LogP contribution in [0.3, 0.4) is 0 Å². The van der Waals surface area contributed by atoms with Gasteiger partial charge in [0.05, 0.1) is 11.6 Å². The maximum Gasteiger partial charge on any atom is 0.257 e. The van der Waals surface area contributed by atoms with Crippen LogP contribution in [0.1, 0.15) is 36.0 Å². The zero-order valence-corrected chi connectivity index (χ0v) is 15.2. The monoisotopic (exact) mass is 373 g/mol. The molecule has 2 N–H and O–H groups in total. The van der Waals surface area contributed by atoms with Gasteiger partial charge < -0.3 is 19.8 Å². The van der Waals surface area contributed by atoms with Gasteiger partial charge in [-0.1, -0.05) is 30.7 Å². The van der Waals surface area contributed by atoms with Gasteiger partial charge in [0.2, 0.25) is 0 Å². The Bertz CT molecular complexity index is 783. The number of rotatable bonds is 4. The fourth-order valence-electron chi connectivity index (χ4n) is 3.54. The minimum atomic E-state index is -0.891. The molecule has 1 saturated carbocycles. The highest BCUT2D eigenvalue weighted by Gasteiger charge is 2.36. The molecule has 0 radical (unpaired) electrons. The predicted molar refractivity (Wildman–Crippen MR) is 99.3 cm³/mol. The lowest BCUT2D eigenvalue weighted by molar-refractivity contribution is -0.0144. The van der Waals surface area contributed by atoms with Crippen molar-refractivity contribution >= 4 is 5.91 Å². The van der Waals surface area contributed by atoms with Crippen molar-refractivity contribution in [1.82, 2.24) is 4.90 Å². The van der Waals surface area contributed by atoms with E-state index in [-0.39, 0.29) is 5.56 Å². The summed E-state index contributed by atoms with van der Waals surface area (Å²) in [4.78, 5) is 14.2. The Morgan fingerprint density at radius 3 is 2.56 bits per heavy atom. The van der Waals surface area contributed by atoms with E-state index in [2.05, 4.69) is 0 Å². The molecule has 144 valence electrons. The number of aromatic hydroxyl groups is 1. The molecule has 5 nitrogen and oxygen atoms in total. The van der Waals surface area contributed by atoms with Crippen molar-refractivity contribution in [3.8, 4) is 11.5 Å². The molecule has 27 heavy (non-hydrogen) atoms. The Labute approximate surface area is 158 Å². The van der Waals surface area contributed by atoms with Crippen molar-refractivity contribution in [1.29, 1.82) is 0 Å². The molecule has 2 aromatic carbocycles. The Morgan fingerprint density at radius 2 is 1.81 bits per heavy atom. The van der Waals surface area contributed by atoms with E-state index in [1.165, 1.54) is 17.0 Å². The van der Waals surface area contributed by atoms with Crippen molar-refractivity contribution < 1.29 is 24.1 Å². The number of aliphatic hydroxyl groups excluding tert-OH is 1. The Balaban J connectivity index is 1.79. The van der Waals surface area contributed by atoms with Crippen LogP contribution >= 0.6 is 0 Å². The third-order valence-electron chi connectivity index (χ3n) is 5.08. The summed E-state index contributed by atoms with van der Waals surface area (Å²) in [5.74, 6) is -1.38. The number of carbonyl (C=O) groups is 1. The first-order valence-electron chi connectivity index (χ1n) is 9.13. The van der Waals surface area contributed by atoms with Gasteiger partial charge >= 0.3 is 0 Å². The van der Waals surface area contributed by atoms with E-state index < -0.39 is 35.7 Å². The number of para-hydroxylation sites is 2. The maximum absolute atomic E-state index is 13.6. The van der Waals surface area contributed by atoms with Gasteiger partial charge in [0.25, 0.3) is 5.91 Å². The molecule has 0 saturated heterocycles. The second-order valence-corrected chi connectivity index (χ2v) is 6.86. The van der Waals surface area contributed by atoms with Crippen molar-refractivity contribution in [3.63, 3.8) is 0 Å². The number of likely N-dealkylation sites (N-methyl/N-ethyl adjacent to an activating group) is 1. The first-order valence-corrected chi connectivity index (χ1v) is 9.13. The summed E-state index contributed by atoms with van der Waals surface area (Å²) in [6, 6.07) is 12.6. The Morgan fingerprint density at radius 1 is 1.11 bits per heavy atom. The van der Waals surface area contributed by atoms with Crippen molar-refractivity contribution in [3.05, 3.63) is 59.9 Å². The van der Waals surface area contributed by atoms with E-state index >= 15 is 0 Å². The summed E-state index contributed by atoms with van der Waals surface area (Å²) in [7, 11) is 1.56. The maximum atomic E-state index is 13.6. The highest BCUT2D eigenvalue weighted by atomic mass is 19.1. The second-order valence-electron chi connectivity index (χ2n) is 6.86. The fourth-order valence-corrected chi connectivity index (χ4v) is 3.54. The Hall–Kier alpha value is -2.60. The third kappa shape index (κ3) is 4.22. The van der Waals surface area contributed by atoms with Crippen LogP contribution in [0.15, 0.2) is 48.5 Å². The van der Waals surface area contributed by atoms with Gasteiger partial charge in [0, 0.05) is 7.05 Å². The number of hydrogen-bond donors (Lipinski definition) is 2. The summed E-state index contributed by atoms with van der Waals surface area (Å²) in [5, 5.41) is 20.8. The number of benzene rings is 2. The average molecular weight is 373 g/mol. The van der Waals surface area contributed by atoms with E-state index in [0.717, 1.165) is 18.9 Å². The summed E-state index contributed by atoms with van der Waals surface area (Å²) in [6.07, 6.45) is 1.66. The molecule has 0 bridgehead atoms. The van der Waals surface area contributed by atoms with Gasteiger partial charge in [0.15, 0.2) is 11.6 Å². The van der Waals surface area contributed by atoms with Crippen LogP contribution in [-0.2, 0) is 0 Å². The lowest BCUT2D eigenvalue weighted by Gasteiger charge is -2.34. The molecule has 1 fully saturated rings. The molecule has 1 aliphatic rings. The number of phenolic OH excluding ortho intramolecular Hbond substituents is 1. The first kappa shape index (κ1) is 19.2. The van der Waals surface area contributed by atoms with E-state index in [9.17, 15) is 19.4 Å². The first-order chi connectivity index (χ1) is 13.0. The van der Waals surface area contributed by atoms with Crippen LogP contribution in [0.5, 0.6) is 11.5 Å². The number of ether oxygens (including phenoxy) is 1. The third-order valence-corrected chi connectivity index (χ3v) is 5.08. The van der Waals surface area contributed by atoms with Gasteiger partial charge in [0.1, 0.15) is 18.0 Å². The number of halogens is 1. The minimum Gasteiger partial charge on any atom is -0.504 e. The molecule has 3 atom stereocenters. The molecule has 1 amide bonds. The van der Waals surface area contributed by atoms with Gasteiger partial charge in [-0.15, -0.1) is 0 Å². The predicted octanol–water partition coefficient (Wildman–Crippen LogP) is 3.35. The summed E-state index contributed by atoms with van der Waals surface area (Å²) in [5.41, 5.74) is -0.116. The van der Waals surface area contributed by atoms with Crippen molar-refractivity contribution in [2.45, 2.75) is 43.9 Å². The number of amides is 1. The number of aliphatic hydroxyl groups is 1. The zero-order valence-electron chi connectivity index (χ0n) is 15.2. The highest BCUT2D eigenvalue weighted by molar-refractivity contribution is 5.97. The van der Waals surface area contributed by atoms with E-state index in [0.29, 0.717) is 18.6 Å². The van der Waals surface area contributed by atoms with E-state index in [4.69, 9.17) is 4.74 Å². The zero-order chi connectivity index (χ0) is 19.4. The SMILES string of the molecule is CN(C(=O)c1cccc(F)c1O)[C@@H]1CCCC[C@@H](Oc2ccccc2)[C@@H]1O. The van der Waals surface area contributed by atoms with Crippen LogP contribution in [0.4, 0.5) is 4.39 Å². The number of hydrogen-bond acceptors (Lipinski definition) is 4. The highest BCUT2D eigenvalue weighted by Crippen LogP contribution is 2.28. The van der Waals surface area contributed by atoms with Crippen molar-refractivity contribution in [2.24, 2.45) is 0 Å². The quantitative estimate of drug-likeness (QED) is 0.807. The van der Waals surface area contributed by atoms with Crippen LogP contribution in [0.25, 0.3) is 0 Å². The average Bonchev–Trinajstić information content (AvgIpc) is 2.85. The fraction of sp³-hybridized carbons (Fsp3) is 0.381. The normalized spacial score (nSPS) is 22.7. The lowest BCUT2D eigenvalue weighted by atomic mass is 10.0.